The van der Waals surface area contributed by atoms with E-state index >= 15 is 0 Å². The molecule has 2 aromatic rings. The number of methoxy groups -OCH3 is 1. The fourth-order valence-electron chi connectivity index (χ4n) is 2.25. The molecule has 0 saturated heterocycles. The molecule has 0 bridgehead atoms. The van der Waals surface area contributed by atoms with Gasteiger partial charge in [-0.05, 0) is 38.1 Å². The molecule has 1 amide bonds. The van der Waals surface area contributed by atoms with Gasteiger partial charge >= 0.3 is 0 Å². The Morgan fingerprint density at radius 3 is 2.62 bits per heavy atom. The molecule has 0 aliphatic rings. The van der Waals surface area contributed by atoms with Gasteiger partial charge in [0.25, 0.3) is 5.91 Å². The van der Waals surface area contributed by atoms with Gasteiger partial charge in [-0.1, -0.05) is 15.9 Å². The summed E-state index contributed by atoms with van der Waals surface area (Å²) in [5, 5.41) is 0. The summed E-state index contributed by atoms with van der Waals surface area (Å²) in [5.41, 5.74) is 1.55. The van der Waals surface area contributed by atoms with Crippen LogP contribution in [0.25, 0.3) is 0 Å². The minimum atomic E-state index is -0.0635. The molecular formula is C16H18BrNO3. The zero-order valence-corrected chi connectivity index (χ0v) is 14.2. The van der Waals surface area contributed by atoms with Crippen LogP contribution in [0, 0.1) is 13.8 Å². The molecule has 0 radical (unpaired) electrons. The van der Waals surface area contributed by atoms with E-state index in [-0.39, 0.29) is 5.91 Å². The Labute approximate surface area is 132 Å². The lowest BCUT2D eigenvalue weighted by molar-refractivity contribution is 0.0782. The molecule has 0 unspecified atom stereocenters. The third kappa shape index (κ3) is 3.47. The zero-order chi connectivity index (χ0) is 15.6. The van der Waals surface area contributed by atoms with Crippen LogP contribution in [0.15, 0.2) is 33.2 Å². The largest absolute Gasteiger partial charge is 0.496 e. The molecule has 0 aliphatic carbocycles. The van der Waals surface area contributed by atoms with Crippen LogP contribution in [0.4, 0.5) is 0 Å². The zero-order valence-electron chi connectivity index (χ0n) is 12.6. The highest BCUT2D eigenvalue weighted by atomic mass is 79.9. The molecular weight excluding hydrogens is 334 g/mol. The van der Waals surface area contributed by atoms with Crippen LogP contribution in [0.2, 0.25) is 0 Å². The summed E-state index contributed by atoms with van der Waals surface area (Å²) in [4.78, 5) is 14.1. The molecule has 0 aliphatic heterocycles. The van der Waals surface area contributed by atoms with Crippen LogP contribution in [-0.2, 0) is 6.54 Å². The highest BCUT2D eigenvalue weighted by molar-refractivity contribution is 9.10. The number of hydrogen-bond donors (Lipinski definition) is 0. The molecule has 1 aromatic carbocycles. The number of halogens is 1. The summed E-state index contributed by atoms with van der Waals surface area (Å²) in [6.45, 7) is 4.10. The SMILES string of the molecule is COc1ccc(Br)cc1CN(C)C(=O)c1cc(C)oc1C. The van der Waals surface area contributed by atoms with Gasteiger partial charge in [0.1, 0.15) is 17.3 Å². The Morgan fingerprint density at radius 1 is 1.33 bits per heavy atom. The quantitative estimate of drug-likeness (QED) is 0.837. The number of ether oxygens (including phenoxy) is 1. The average Bonchev–Trinajstić information content (AvgIpc) is 2.77. The van der Waals surface area contributed by atoms with Crippen molar-refractivity contribution in [1.82, 2.24) is 4.90 Å². The van der Waals surface area contributed by atoms with E-state index in [1.165, 1.54) is 0 Å². The second-order valence-electron chi connectivity index (χ2n) is 4.94. The van der Waals surface area contributed by atoms with Crippen LogP contribution in [0.5, 0.6) is 5.75 Å². The van der Waals surface area contributed by atoms with Crippen molar-refractivity contribution >= 4 is 21.8 Å². The molecule has 21 heavy (non-hydrogen) atoms. The summed E-state index contributed by atoms with van der Waals surface area (Å²) >= 11 is 3.44. The number of hydrogen-bond acceptors (Lipinski definition) is 3. The third-order valence-electron chi connectivity index (χ3n) is 3.27. The smallest absolute Gasteiger partial charge is 0.257 e. The predicted molar refractivity (Wildman–Crippen MR) is 84.7 cm³/mol. The van der Waals surface area contributed by atoms with Gasteiger partial charge in [0, 0.05) is 23.6 Å². The predicted octanol–water partition coefficient (Wildman–Crippen LogP) is 3.94. The van der Waals surface area contributed by atoms with Gasteiger partial charge in [-0.25, -0.2) is 0 Å². The number of amides is 1. The van der Waals surface area contributed by atoms with Crippen LogP contribution < -0.4 is 4.74 Å². The summed E-state index contributed by atoms with van der Waals surface area (Å²) in [6.07, 6.45) is 0. The molecule has 112 valence electrons. The number of furan rings is 1. The Hall–Kier alpha value is -1.75. The number of nitrogens with zero attached hydrogens (tertiary/aromatic N) is 1. The number of carbonyl (C=O) groups excluding carboxylic acids is 1. The van der Waals surface area contributed by atoms with Crippen molar-refractivity contribution in [2.75, 3.05) is 14.2 Å². The first-order chi connectivity index (χ1) is 9.92. The van der Waals surface area contributed by atoms with Gasteiger partial charge < -0.3 is 14.1 Å². The van der Waals surface area contributed by atoms with Gasteiger partial charge in [0.05, 0.1) is 12.7 Å². The van der Waals surface area contributed by atoms with Crippen molar-refractivity contribution < 1.29 is 13.9 Å². The monoisotopic (exact) mass is 351 g/mol. The van der Waals surface area contributed by atoms with E-state index in [2.05, 4.69) is 15.9 Å². The molecule has 0 atom stereocenters. The van der Waals surface area contributed by atoms with E-state index in [0.29, 0.717) is 17.9 Å². The molecule has 1 heterocycles. The van der Waals surface area contributed by atoms with E-state index in [4.69, 9.17) is 9.15 Å². The highest BCUT2D eigenvalue weighted by Crippen LogP contribution is 2.25. The maximum atomic E-state index is 12.5. The van der Waals surface area contributed by atoms with Crippen LogP contribution in [0.1, 0.15) is 27.4 Å². The van der Waals surface area contributed by atoms with E-state index in [1.54, 1.807) is 32.0 Å². The lowest BCUT2D eigenvalue weighted by Gasteiger charge is -2.18. The van der Waals surface area contributed by atoms with Gasteiger partial charge in [-0.3, -0.25) is 4.79 Å². The fourth-order valence-corrected chi connectivity index (χ4v) is 2.66. The lowest BCUT2D eigenvalue weighted by Crippen LogP contribution is -2.26. The Kier molecular flexibility index (Phi) is 4.73. The summed E-state index contributed by atoms with van der Waals surface area (Å²) in [6, 6.07) is 7.51. The molecule has 1 aromatic heterocycles. The van der Waals surface area contributed by atoms with E-state index < -0.39 is 0 Å². The van der Waals surface area contributed by atoms with Crippen molar-refractivity contribution in [3.05, 3.63) is 51.4 Å². The lowest BCUT2D eigenvalue weighted by atomic mass is 10.1. The minimum Gasteiger partial charge on any atom is -0.496 e. The first-order valence-electron chi connectivity index (χ1n) is 6.57. The van der Waals surface area contributed by atoms with Crippen LogP contribution in [-0.4, -0.2) is 25.0 Å². The van der Waals surface area contributed by atoms with Crippen molar-refractivity contribution in [3.8, 4) is 5.75 Å². The second-order valence-corrected chi connectivity index (χ2v) is 5.86. The standard InChI is InChI=1S/C16H18BrNO3/c1-10-7-14(11(2)21-10)16(19)18(3)9-12-8-13(17)5-6-15(12)20-4/h5-8H,9H2,1-4H3. The average molecular weight is 352 g/mol. The molecule has 0 fully saturated rings. The Morgan fingerprint density at radius 2 is 2.05 bits per heavy atom. The summed E-state index contributed by atoms with van der Waals surface area (Å²) in [7, 11) is 3.39. The maximum absolute atomic E-state index is 12.5. The maximum Gasteiger partial charge on any atom is 0.257 e. The number of carbonyl (C=O) groups is 1. The summed E-state index contributed by atoms with van der Waals surface area (Å²) in [5.74, 6) is 2.08. The Balaban J connectivity index is 2.21. The second kappa shape index (κ2) is 6.35. The Bertz CT molecular complexity index is 664. The normalized spacial score (nSPS) is 10.5. The van der Waals surface area contributed by atoms with Crippen molar-refractivity contribution in [1.29, 1.82) is 0 Å². The first-order valence-corrected chi connectivity index (χ1v) is 7.36. The van der Waals surface area contributed by atoms with Gasteiger partial charge in [-0.2, -0.15) is 0 Å². The topological polar surface area (TPSA) is 42.7 Å². The van der Waals surface area contributed by atoms with E-state index in [1.807, 2.05) is 25.1 Å². The molecule has 5 heteroatoms. The fraction of sp³-hybridized carbons (Fsp3) is 0.312. The van der Waals surface area contributed by atoms with Gasteiger partial charge in [-0.15, -0.1) is 0 Å². The molecule has 0 spiro atoms. The molecule has 0 saturated carbocycles. The third-order valence-corrected chi connectivity index (χ3v) is 3.76. The van der Waals surface area contributed by atoms with Crippen molar-refractivity contribution in [2.24, 2.45) is 0 Å². The van der Waals surface area contributed by atoms with Crippen LogP contribution >= 0.6 is 15.9 Å². The molecule has 2 rings (SSSR count). The highest BCUT2D eigenvalue weighted by Gasteiger charge is 2.19. The number of rotatable bonds is 4. The summed E-state index contributed by atoms with van der Waals surface area (Å²) < 4.78 is 11.7. The first kappa shape index (κ1) is 15.6. The molecule has 4 nitrogen and oxygen atoms in total. The number of aryl methyl sites for hydroxylation is 2. The number of benzene rings is 1. The molecule has 0 N–H and O–H groups in total. The van der Waals surface area contributed by atoms with Gasteiger partial charge in [0.2, 0.25) is 0 Å². The van der Waals surface area contributed by atoms with E-state index in [0.717, 1.165) is 21.5 Å². The minimum absolute atomic E-state index is 0.0635. The van der Waals surface area contributed by atoms with Crippen LogP contribution in [0.3, 0.4) is 0 Å². The van der Waals surface area contributed by atoms with E-state index in [9.17, 15) is 4.79 Å². The van der Waals surface area contributed by atoms with Gasteiger partial charge in [0.15, 0.2) is 0 Å². The van der Waals surface area contributed by atoms with Crippen molar-refractivity contribution in [2.45, 2.75) is 20.4 Å². The van der Waals surface area contributed by atoms with Crippen molar-refractivity contribution in [3.63, 3.8) is 0 Å².